The van der Waals surface area contributed by atoms with E-state index in [9.17, 15) is 0 Å². The Labute approximate surface area is 121 Å². The maximum Gasteiger partial charge on any atom is 0.123 e. The third-order valence-electron chi connectivity index (χ3n) is 3.44. The van der Waals surface area contributed by atoms with Crippen LogP contribution < -0.4 is 10.5 Å². The predicted molar refractivity (Wildman–Crippen MR) is 84.7 cm³/mol. The minimum Gasteiger partial charge on any atom is -0.496 e. The van der Waals surface area contributed by atoms with Gasteiger partial charge in [0, 0.05) is 23.7 Å². The molecule has 19 heavy (non-hydrogen) atoms. The zero-order valence-electron chi connectivity index (χ0n) is 12.3. The van der Waals surface area contributed by atoms with Gasteiger partial charge in [-0.2, -0.15) is 0 Å². The molecule has 1 aromatic rings. The number of nitrogens with two attached hydrogens (primary N) is 1. The van der Waals surface area contributed by atoms with E-state index in [0.717, 1.165) is 23.4 Å². The van der Waals surface area contributed by atoms with Crippen molar-refractivity contribution in [3.63, 3.8) is 0 Å². The summed E-state index contributed by atoms with van der Waals surface area (Å²) in [6.07, 6.45) is 2.38. The molecule has 1 rings (SSSR count). The van der Waals surface area contributed by atoms with Gasteiger partial charge in [0.25, 0.3) is 0 Å². The monoisotopic (exact) mass is 280 g/mol. The minimum atomic E-state index is 0.424. The summed E-state index contributed by atoms with van der Waals surface area (Å²) in [5.41, 5.74) is 7.70. The van der Waals surface area contributed by atoms with Crippen LogP contribution in [0.3, 0.4) is 0 Å². The number of hydrogen-bond donors (Lipinski definition) is 1. The number of nitrogens with zero attached hydrogens (tertiary/aromatic N) is 1. The van der Waals surface area contributed by atoms with E-state index in [1.165, 1.54) is 12.8 Å². The van der Waals surface area contributed by atoms with Crippen molar-refractivity contribution in [2.45, 2.75) is 39.3 Å². The quantitative estimate of drug-likeness (QED) is 0.779. The summed E-state index contributed by atoms with van der Waals surface area (Å²) >= 11 is 5.03. The molecule has 0 aromatic heterocycles. The van der Waals surface area contributed by atoms with E-state index >= 15 is 0 Å². The second kappa shape index (κ2) is 7.46. The van der Waals surface area contributed by atoms with Crippen LogP contribution in [0.5, 0.6) is 5.75 Å². The van der Waals surface area contributed by atoms with Crippen LogP contribution in [0.1, 0.15) is 37.8 Å². The van der Waals surface area contributed by atoms with Crippen molar-refractivity contribution in [2.24, 2.45) is 5.73 Å². The smallest absolute Gasteiger partial charge is 0.123 e. The van der Waals surface area contributed by atoms with Gasteiger partial charge >= 0.3 is 0 Å². The average Bonchev–Trinajstić information content (AvgIpc) is 2.38. The molecule has 0 fully saturated rings. The van der Waals surface area contributed by atoms with Crippen LogP contribution in [0.2, 0.25) is 0 Å². The van der Waals surface area contributed by atoms with Gasteiger partial charge in [0.1, 0.15) is 10.7 Å². The topological polar surface area (TPSA) is 38.5 Å². The lowest BCUT2D eigenvalue weighted by Crippen LogP contribution is -2.28. The van der Waals surface area contributed by atoms with Gasteiger partial charge in [0.15, 0.2) is 0 Å². The Bertz CT molecular complexity index is 434. The lowest BCUT2D eigenvalue weighted by Gasteiger charge is -2.25. The molecule has 0 aliphatic carbocycles. The molecule has 0 heterocycles. The summed E-state index contributed by atoms with van der Waals surface area (Å²) in [5.74, 6) is 0.885. The van der Waals surface area contributed by atoms with Gasteiger partial charge in [-0.1, -0.05) is 25.6 Å². The molecule has 0 spiro atoms. The zero-order chi connectivity index (χ0) is 14.4. The van der Waals surface area contributed by atoms with Gasteiger partial charge in [-0.3, -0.25) is 4.90 Å². The first-order valence-corrected chi connectivity index (χ1v) is 7.07. The third kappa shape index (κ3) is 4.48. The van der Waals surface area contributed by atoms with E-state index in [4.69, 9.17) is 22.7 Å². The Morgan fingerprint density at radius 2 is 2.16 bits per heavy atom. The fraction of sp³-hybridized carbons (Fsp3) is 0.533. The van der Waals surface area contributed by atoms with Crippen LogP contribution in [0, 0.1) is 0 Å². The number of thiocarbonyl (C=S) groups is 1. The van der Waals surface area contributed by atoms with E-state index in [0.29, 0.717) is 11.0 Å². The molecule has 1 atom stereocenters. The molecule has 0 saturated carbocycles. The van der Waals surface area contributed by atoms with E-state index in [-0.39, 0.29) is 0 Å². The highest BCUT2D eigenvalue weighted by Crippen LogP contribution is 2.22. The van der Waals surface area contributed by atoms with E-state index in [2.05, 4.69) is 25.8 Å². The molecule has 106 valence electrons. The van der Waals surface area contributed by atoms with E-state index in [1.807, 2.05) is 18.2 Å². The number of methoxy groups -OCH3 is 1. The SMILES string of the molecule is CCCC(C)N(C)Cc1cc(C(N)=S)ccc1OC. The maximum atomic E-state index is 5.69. The fourth-order valence-electron chi connectivity index (χ4n) is 2.12. The second-order valence-corrected chi connectivity index (χ2v) is 5.38. The molecular weight excluding hydrogens is 256 g/mol. The average molecular weight is 280 g/mol. The summed E-state index contributed by atoms with van der Waals surface area (Å²) in [5, 5.41) is 0. The Morgan fingerprint density at radius 3 is 2.68 bits per heavy atom. The Hall–Kier alpha value is -1.13. The van der Waals surface area contributed by atoms with Crippen molar-refractivity contribution >= 4 is 17.2 Å². The van der Waals surface area contributed by atoms with Crippen molar-refractivity contribution in [3.8, 4) is 5.75 Å². The van der Waals surface area contributed by atoms with Crippen molar-refractivity contribution in [1.29, 1.82) is 0 Å². The predicted octanol–water partition coefficient (Wildman–Crippen LogP) is 2.95. The Balaban J connectivity index is 2.91. The van der Waals surface area contributed by atoms with Crippen LogP contribution >= 0.6 is 12.2 Å². The largest absolute Gasteiger partial charge is 0.496 e. The molecule has 0 aliphatic rings. The lowest BCUT2D eigenvalue weighted by molar-refractivity contribution is 0.233. The van der Waals surface area contributed by atoms with Crippen molar-refractivity contribution in [3.05, 3.63) is 29.3 Å². The molecule has 3 nitrogen and oxygen atoms in total. The molecule has 1 aromatic carbocycles. The Morgan fingerprint density at radius 1 is 1.47 bits per heavy atom. The van der Waals surface area contributed by atoms with Gasteiger partial charge in [-0.15, -0.1) is 0 Å². The van der Waals surface area contributed by atoms with Crippen LogP contribution in [0.15, 0.2) is 18.2 Å². The highest BCUT2D eigenvalue weighted by molar-refractivity contribution is 7.80. The first-order valence-electron chi connectivity index (χ1n) is 6.66. The molecule has 4 heteroatoms. The summed E-state index contributed by atoms with van der Waals surface area (Å²) < 4.78 is 5.41. The van der Waals surface area contributed by atoms with Gasteiger partial charge < -0.3 is 10.5 Å². The number of benzene rings is 1. The lowest BCUT2D eigenvalue weighted by atomic mass is 10.1. The van der Waals surface area contributed by atoms with E-state index in [1.54, 1.807) is 7.11 Å². The normalized spacial score (nSPS) is 12.5. The summed E-state index contributed by atoms with van der Waals surface area (Å²) in [4.78, 5) is 2.75. The van der Waals surface area contributed by atoms with Crippen LogP contribution in [-0.2, 0) is 6.54 Å². The molecule has 2 N–H and O–H groups in total. The third-order valence-corrected chi connectivity index (χ3v) is 3.68. The van der Waals surface area contributed by atoms with Gasteiger partial charge in [0.05, 0.1) is 7.11 Å². The first-order chi connectivity index (χ1) is 8.99. The summed E-state index contributed by atoms with van der Waals surface area (Å²) in [6.45, 7) is 5.28. The molecular formula is C15H24N2OS. The Kier molecular flexibility index (Phi) is 6.25. The number of rotatable bonds is 7. The van der Waals surface area contributed by atoms with Crippen molar-refractivity contribution in [1.82, 2.24) is 4.90 Å². The summed E-state index contributed by atoms with van der Waals surface area (Å²) in [6, 6.07) is 6.40. The van der Waals surface area contributed by atoms with Gasteiger partial charge in [0.2, 0.25) is 0 Å². The standard InChI is InChI=1S/C15H24N2OS/c1-5-6-11(2)17(3)10-13-9-12(15(16)19)7-8-14(13)18-4/h7-9,11H,5-6,10H2,1-4H3,(H2,16,19). The van der Waals surface area contributed by atoms with Crippen LogP contribution in [0.4, 0.5) is 0 Å². The van der Waals surface area contributed by atoms with Crippen LogP contribution in [0.25, 0.3) is 0 Å². The zero-order valence-corrected chi connectivity index (χ0v) is 13.1. The van der Waals surface area contributed by atoms with Crippen molar-refractivity contribution in [2.75, 3.05) is 14.2 Å². The second-order valence-electron chi connectivity index (χ2n) is 4.94. The molecule has 0 bridgehead atoms. The first kappa shape index (κ1) is 15.9. The number of hydrogen-bond acceptors (Lipinski definition) is 3. The van der Waals surface area contributed by atoms with E-state index < -0.39 is 0 Å². The minimum absolute atomic E-state index is 0.424. The molecule has 1 unspecified atom stereocenters. The van der Waals surface area contributed by atoms with Gasteiger partial charge in [-0.05, 0) is 38.6 Å². The molecule has 0 aliphatic heterocycles. The highest BCUT2D eigenvalue weighted by Gasteiger charge is 2.12. The molecule has 0 amide bonds. The maximum absolute atomic E-state index is 5.69. The molecule has 0 saturated heterocycles. The summed E-state index contributed by atoms with van der Waals surface area (Å²) in [7, 11) is 3.82. The van der Waals surface area contributed by atoms with Crippen LogP contribution in [-0.4, -0.2) is 30.1 Å². The van der Waals surface area contributed by atoms with Gasteiger partial charge in [-0.25, -0.2) is 0 Å². The fourth-order valence-corrected chi connectivity index (χ4v) is 2.25. The molecule has 0 radical (unpaired) electrons. The van der Waals surface area contributed by atoms with Crippen molar-refractivity contribution < 1.29 is 4.74 Å². The highest BCUT2D eigenvalue weighted by atomic mass is 32.1. The number of ether oxygens (including phenoxy) is 1.